The van der Waals surface area contributed by atoms with Gasteiger partial charge in [0.25, 0.3) is 5.91 Å². The van der Waals surface area contributed by atoms with Crippen molar-refractivity contribution in [3.05, 3.63) is 59.8 Å². The van der Waals surface area contributed by atoms with Crippen molar-refractivity contribution in [1.29, 1.82) is 0 Å². The van der Waals surface area contributed by atoms with Gasteiger partial charge in [0.05, 0.1) is 23.7 Å². The van der Waals surface area contributed by atoms with Crippen LogP contribution in [0.5, 0.6) is 0 Å². The summed E-state index contributed by atoms with van der Waals surface area (Å²) in [4.78, 5) is 24.3. The van der Waals surface area contributed by atoms with Crippen LogP contribution in [0.2, 0.25) is 0 Å². The molecule has 30 heavy (non-hydrogen) atoms. The third-order valence-corrected chi connectivity index (χ3v) is 5.05. The van der Waals surface area contributed by atoms with Crippen molar-refractivity contribution in [2.45, 2.75) is 31.6 Å². The van der Waals surface area contributed by atoms with Gasteiger partial charge in [-0.2, -0.15) is 0 Å². The average Bonchev–Trinajstić information content (AvgIpc) is 3.38. The van der Waals surface area contributed by atoms with E-state index in [2.05, 4.69) is 20.8 Å². The Morgan fingerprint density at radius 3 is 2.73 bits per heavy atom. The normalized spacial score (nSPS) is 11.9. The van der Waals surface area contributed by atoms with Crippen molar-refractivity contribution in [3.8, 4) is 0 Å². The fourth-order valence-corrected chi connectivity index (χ4v) is 3.48. The van der Waals surface area contributed by atoms with Gasteiger partial charge in [-0.15, -0.1) is 10.2 Å². The molecule has 2 aromatic heterocycles. The first-order chi connectivity index (χ1) is 14.4. The molecule has 8 nitrogen and oxygen atoms in total. The first kappa shape index (κ1) is 21.5. The zero-order valence-electron chi connectivity index (χ0n) is 16.2. The molecule has 0 bridgehead atoms. The molecule has 0 fully saturated rings. The molecule has 0 saturated carbocycles. The van der Waals surface area contributed by atoms with Crippen LogP contribution in [0, 0.1) is 11.6 Å². The highest BCUT2D eigenvalue weighted by molar-refractivity contribution is 7.99. The molecule has 3 aromatic rings. The Hall–Kier alpha value is -3.21. The predicted molar refractivity (Wildman–Crippen MR) is 106 cm³/mol. The standard InChI is InChI=1S/C19H19F2N5O3S/c1-3-26-17(11(2)22-18(28)15-5-4-8-29-15)24-25-19(26)30-10-16(27)23-14-7-6-12(20)9-13(14)21/h4-9,11H,3,10H2,1-2H3,(H,22,28)(H,23,27)/t11-/m0/s1. The number of thioether (sulfide) groups is 1. The van der Waals surface area contributed by atoms with Crippen LogP contribution >= 0.6 is 11.8 Å². The number of halogens is 2. The summed E-state index contributed by atoms with van der Waals surface area (Å²) in [6.45, 7) is 4.15. The van der Waals surface area contributed by atoms with Crippen molar-refractivity contribution in [3.63, 3.8) is 0 Å². The van der Waals surface area contributed by atoms with Crippen LogP contribution in [0.15, 0.2) is 46.2 Å². The van der Waals surface area contributed by atoms with E-state index >= 15 is 0 Å². The maximum Gasteiger partial charge on any atom is 0.287 e. The third kappa shape index (κ3) is 5.03. The van der Waals surface area contributed by atoms with Gasteiger partial charge < -0.3 is 19.6 Å². The second-order valence-electron chi connectivity index (χ2n) is 6.22. The van der Waals surface area contributed by atoms with Gasteiger partial charge in [-0.1, -0.05) is 11.8 Å². The van der Waals surface area contributed by atoms with E-state index in [1.54, 1.807) is 23.6 Å². The number of carbonyl (C=O) groups excluding carboxylic acids is 2. The van der Waals surface area contributed by atoms with Crippen molar-refractivity contribution < 1.29 is 22.8 Å². The Morgan fingerprint density at radius 2 is 2.07 bits per heavy atom. The molecule has 0 aliphatic heterocycles. The number of rotatable bonds is 8. The Bertz CT molecular complexity index is 1040. The Balaban J connectivity index is 1.62. The van der Waals surface area contributed by atoms with E-state index in [1.807, 2.05) is 6.92 Å². The number of anilines is 1. The fourth-order valence-electron chi connectivity index (χ4n) is 2.67. The number of aromatic nitrogens is 3. The van der Waals surface area contributed by atoms with Crippen molar-refractivity contribution >= 4 is 29.3 Å². The number of nitrogens with zero attached hydrogens (tertiary/aromatic N) is 3. The summed E-state index contributed by atoms with van der Waals surface area (Å²) < 4.78 is 33.5. The third-order valence-electron chi connectivity index (χ3n) is 4.08. The van der Waals surface area contributed by atoms with E-state index in [4.69, 9.17) is 4.42 Å². The number of amides is 2. The lowest BCUT2D eigenvalue weighted by Gasteiger charge is -2.14. The maximum absolute atomic E-state index is 13.7. The molecular formula is C19H19F2N5O3S. The van der Waals surface area contributed by atoms with Crippen LogP contribution in [-0.4, -0.2) is 32.3 Å². The zero-order chi connectivity index (χ0) is 21.7. The second kappa shape index (κ2) is 9.53. The zero-order valence-corrected chi connectivity index (χ0v) is 17.0. The molecule has 0 radical (unpaired) electrons. The first-order valence-corrected chi connectivity index (χ1v) is 10.0. The molecule has 3 rings (SSSR count). The highest BCUT2D eigenvalue weighted by Gasteiger charge is 2.21. The van der Waals surface area contributed by atoms with E-state index in [9.17, 15) is 18.4 Å². The van der Waals surface area contributed by atoms with Gasteiger partial charge in [0.1, 0.15) is 11.6 Å². The lowest BCUT2D eigenvalue weighted by molar-refractivity contribution is -0.113. The summed E-state index contributed by atoms with van der Waals surface area (Å²) in [5.74, 6) is -1.79. The monoisotopic (exact) mass is 435 g/mol. The molecule has 2 amide bonds. The first-order valence-electron chi connectivity index (χ1n) is 9.04. The number of hydrogen-bond acceptors (Lipinski definition) is 6. The smallest absolute Gasteiger partial charge is 0.287 e. The van der Waals surface area contributed by atoms with Crippen LogP contribution in [0.3, 0.4) is 0 Å². The molecule has 0 saturated heterocycles. The Morgan fingerprint density at radius 1 is 1.27 bits per heavy atom. The highest BCUT2D eigenvalue weighted by atomic mass is 32.2. The minimum Gasteiger partial charge on any atom is -0.459 e. The van der Waals surface area contributed by atoms with E-state index in [0.717, 1.165) is 23.9 Å². The highest BCUT2D eigenvalue weighted by Crippen LogP contribution is 2.22. The SMILES string of the molecule is CCn1c(SCC(=O)Nc2ccc(F)cc2F)nnc1[C@H](C)NC(=O)c1ccco1. The van der Waals surface area contributed by atoms with Crippen LogP contribution in [0.4, 0.5) is 14.5 Å². The molecule has 1 aromatic carbocycles. The van der Waals surface area contributed by atoms with Gasteiger partial charge in [0.2, 0.25) is 5.91 Å². The van der Waals surface area contributed by atoms with Crippen molar-refractivity contribution in [2.24, 2.45) is 0 Å². The van der Waals surface area contributed by atoms with Crippen LogP contribution in [0.1, 0.15) is 36.3 Å². The number of furan rings is 1. The van der Waals surface area contributed by atoms with Gasteiger partial charge in [-0.05, 0) is 38.1 Å². The Labute approximate surface area is 175 Å². The van der Waals surface area contributed by atoms with Gasteiger partial charge in [-0.25, -0.2) is 8.78 Å². The summed E-state index contributed by atoms with van der Waals surface area (Å²) in [5, 5.41) is 13.8. The molecule has 158 valence electrons. The number of carbonyl (C=O) groups is 2. The molecule has 0 aliphatic carbocycles. The Kier molecular flexibility index (Phi) is 6.83. The number of hydrogen-bond donors (Lipinski definition) is 2. The van der Waals surface area contributed by atoms with Crippen molar-refractivity contribution in [2.75, 3.05) is 11.1 Å². The minimum absolute atomic E-state index is 0.0535. The summed E-state index contributed by atoms with van der Waals surface area (Å²) in [6.07, 6.45) is 1.41. The summed E-state index contributed by atoms with van der Waals surface area (Å²) in [5.41, 5.74) is -0.103. The number of benzene rings is 1. The molecule has 2 N–H and O–H groups in total. The van der Waals surface area contributed by atoms with Crippen LogP contribution in [-0.2, 0) is 11.3 Å². The summed E-state index contributed by atoms with van der Waals surface area (Å²) in [6, 6.07) is 5.63. The quantitative estimate of drug-likeness (QED) is 0.526. The summed E-state index contributed by atoms with van der Waals surface area (Å²) in [7, 11) is 0. The largest absolute Gasteiger partial charge is 0.459 e. The van der Waals surface area contributed by atoms with E-state index in [1.165, 1.54) is 6.26 Å². The topological polar surface area (TPSA) is 102 Å². The molecular weight excluding hydrogens is 416 g/mol. The van der Waals surface area contributed by atoms with Gasteiger partial charge in [0.15, 0.2) is 16.7 Å². The van der Waals surface area contributed by atoms with Crippen LogP contribution in [0.25, 0.3) is 0 Å². The predicted octanol–water partition coefficient (Wildman–Crippen LogP) is 3.39. The lowest BCUT2D eigenvalue weighted by atomic mass is 10.3. The molecule has 0 aliphatic rings. The minimum atomic E-state index is -0.853. The molecule has 2 heterocycles. The number of nitrogens with one attached hydrogen (secondary N) is 2. The maximum atomic E-state index is 13.7. The van der Waals surface area contributed by atoms with Gasteiger partial charge in [0, 0.05) is 12.6 Å². The van der Waals surface area contributed by atoms with E-state index in [0.29, 0.717) is 23.6 Å². The summed E-state index contributed by atoms with van der Waals surface area (Å²) >= 11 is 1.11. The molecule has 1 atom stereocenters. The van der Waals surface area contributed by atoms with E-state index in [-0.39, 0.29) is 23.1 Å². The van der Waals surface area contributed by atoms with Gasteiger partial charge >= 0.3 is 0 Å². The van der Waals surface area contributed by atoms with E-state index < -0.39 is 23.6 Å². The van der Waals surface area contributed by atoms with Gasteiger partial charge in [-0.3, -0.25) is 9.59 Å². The fraction of sp³-hybridized carbons (Fsp3) is 0.263. The van der Waals surface area contributed by atoms with Crippen molar-refractivity contribution in [1.82, 2.24) is 20.1 Å². The molecule has 0 unspecified atom stereocenters. The second-order valence-corrected chi connectivity index (χ2v) is 7.16. The van der Waals surface area contributed by atoms with Crippen LogP contribution < -0.4 is 10.6 Å². The average molecular weight is 435 g/mol. The lowest BCUT2D eigenvalue weighted by Crippen LogP contribution is -2.28. The molecule has 11 heteroatoms. The molecule has 0 spiro atoms.